The van der Waals surface area contributed by atoms with Crippen molar-refractivity contribution < 1.29 is 14.8 Å². The molecular weight excluding hydrogens is 348 g/mol. The molecule has 142 valence electrons. The third-order valence-electron chi connectivity index (χ3n) is 6.05. The maximum absolute atomic E-state index is 12.6. The molecule has 1 aromatic carbocycles. The minimum Gasteiger partial charge on any atom is -0.484 e. The Bertz CT molecular complexity index is 943. The van der Waals surface area contributed by atoms with E-state index in [0.29, 0.717) is 24.2 Å². The van der Waals surface area contributed by atoms with Crippen LogP contribution < -0.4 is 10.3 Å². The normalized spacial score (nSPS) is 26.2. The first kappa shape index (κ1) is 17.7. The van der Waals surface area contributed by atoms with E-state index < -0.39 is 22.2 Å². The fraction of sp³-hybridized carbons (Fsp3) is 0.450. The van der Waals surface area contributed by atoms with E-state index in [1.165, 1.54) is 22.8 Å². The predicted octanol–water partition coefficient (Wildman–Crippen LogP) is 3.19. The van der Waals surface area contributed by atoms with Crippen LogP contribution in [0.25, 0.3) is 0 Å². The smallest absolute Gasteiger partial charge is 0.270 e. The number of aliphatic hydroxyl groups is 1. The molecule has 1 aliphatic heterocycles. The Morgan fingerprint density at radius 1 is 1.22 bits per heavy atom. The van der Waals surface area contributed by atoms with E-state index in [2.05, 4.69) is 0 Å². The Morgan fingerprint density at radius 2 is 1.96 bits per heavy atom. The Balaban J connectivity index is 1.98. The number of hydrogen-bond donors (Lipinski definition) is 1. The topological polar surface area (TPSA) is 94.6 Å². The van der Waals surface area contributed by atoms with Crippen molar-refractivity contribution in [2.45, 2.75) is 56.3 Å². The van der Waals surface area contributed by atoms with Gasteiger partial charge in [0.1, 0.15) is 17.0 Å². The molecule has 4 rings (SSSR count). The van der Waals surface area contributed by atoms with Gasteiger partial charge in [-0.05, 0) is 44.7 Å². The van der Waals surface area contributed by atoms with E-state index in [0.717, 1.165) is 19.3 Å². The highest BCUT2D eigenvalue weighted by atomic mass is 16.6. The molecule has 27 heavy (non-hydrogen) atoms. The third-order valence-corrected chi connectivity index (χ3v) is 6.05. The molecule has 1 aliphatic carbocycles. The summed E-state index contributed by atoms with van der Waals surface area (Å²) >= 11 is 0. The van der Waals surface area contributed by atoms with E-state index in [9.17, 15) is 20.0 Å². The molecule has 1 saturated carbocycles. The molecule has 0 bridgehead atoms. The number of fused-ring (bicyclic) bond motifs is 1. The lowest BCUT2D eigenvalue weighted by atomic mass is 9.66. The highest BCUT2D eigenvalue weighted by molar-refractivity contribution is 5.49. The van der Waals surface area contributed by atoms with Crippen molar-refractivity contribution in [2.24, 2.45) is 0 Å². The van der Waals surface area contributed by atoms with Crippen molar-refractivity contribution in [2.75, 3.05) is 0 Å². The second kappa shape index (κ2) is 6.20. The molecule has 2 atom stereocenters. The lowest BCUT2D eigenvalue weighted by Crippen LogP contribution is -2.64. The van der Waals surface area contributed by atoms with Crippen molar-refractivity contribution in [1.29, 1.82) is 0 Å². The molecule has 1 fully saturated rings. The molecule has 1 aromatic heterocycles. The molecule has 2 heterocycles. The highest BCUT2D eigenvalue weighted by Gasteiger charge is 2.59. The van der Waals surface area contributed by atoms with Crippen LogP contribution >= 0.6 is 0 Å². The zero-order valence-electron chi connectivity index (χ0n) is 15.1. The number of ether oxygens (including phenoxy) is 1. The summed E-state index contributed by atoms with van der Waals surface area (Å²) in [7, 11) is 0. The van der Waals surface area contributed by atoms with Gasteiger partial charge in [0.25, 0.3) is 11.2 Å². The number of benzene rings is 1. The number of pyridine rings is 1. The number of non-ortho nitro benzene ring substituents is 1. The number of nitrogens with zero attached hydrogens (tertiary/aromatic N) is 2. The zero-order chi connectivity index (χ0) is 19.2. The molecule has 2 aromatic rings. The van der Waals surface area contributed by atoms with Crippen molar-refractivity contribution >= 4 is 5.69 Å². The van der Waals surface area contributed by atoms with Crippen LogP contribution in [0.3, 0.4) is 0 Å². The Morgan fingerprint density at radius 3 is 2.63 bits per heavy atom. The van der Waals surface area contributed by atoms with Crippen LogP contribution in [0, 0.1) is 10.1 Å². The van der Waals surface area contributed by atoms with E-state index in [1.54, 1.807) is 31.3 Å². The van der Waals surface area contributed by atoms with Gasteiger partial charge in [-0.2, -0.15) is 0 Å². The SMILES string of the molecule is CC1(O)C(n2ccccc2=O)c2cc([N+](=O)[O-])ccc2OC12CCCCC2. The van der Waals surface area contributed by atoms with Gasteiger partial charge in [-0.3, -0.25) is 14.9 Å². The molecule has 1 N–H and O–H groups in total. The average molecular weight is 370 g/mol. The third kappa shape index (κ3) is 2.65. The molecule has 0 amide bonds. The number of nitro groups is 1. The van der Waals surface area contributed by atoms with Crippen molar-refractivity contribution in [3.63, 3.8) is 0 Å². The summed E-state index contributed by atoms with van der Waals surface area (Å²) in [5, 5.41) is 23.0. The van der Waals surface area contributed by atoms with E-state index in [-0.39, 0.29) is 11.2 Å². The molecule has 0 saturated heterocycles. The van der Waals surface area contributed by atoms with Crippen LogP contribution in [-0.4, -0.2) is 25.8 Å². The summed E-state index contributed by atoms with van der Waals surface area (Å²) in [5.41, 5.74) is -2.14. The highest BCUT2D eigenvalue weighted by Crippen LogP contribution is 2.53. The molecular formula is C20H22N2O5. The van der Waals surface area contributed by atoms with Crippen molar-refractivity contribution in [3.05, 3.63) is 68.6 Å². The van der Waals surface area contributed by atoms with Crippen molar-refractivity contribution in [3.8, 4) is 5.75 Å². The molecule has 7 nitrogen and oxygen atoms in total. The zero-order valence-corrected chi connectivity index (χ0v) is 15.1. The van der Waals surface area contributed by atoms with E-state index in [4.69, 9.17) is 4.74 Å². The second-order valence-electron chi connectivity index (χ2n) is 7.63. The molecule has 0 radical (unpaired) electrons. The summed E-state index contributed by atoms with van der Waals surface area (Å²) in [6.07, 6.45) is 5.89. The minimum atomic E-state index is -1.40. The lowest BCUT2D eigenvalue weighted by molar-refractivity contribution is -0.385. The van der Waals surface area contributed by atoms with Gasteiger partial charge in [-0.25, -0.2) is 0 Å². The molecule has 2 unspecified atom stereocenters. The maximum Gasteiger partial charge on any atom is 0.270 e. The van der Waals surface area contributed by atoms with Gasteiger partial charge in [0.05, 0.1) is 11.0 Å². The van der Waals surface area contributed by atoms with Crippen LogP contribution in [0.5, 0.6) is 5.75 Å². The Hall–Kier alpha value is -2.67. The van der Waals surface area contributed by atoms with Gasteiger partial charge < -0.3 is 14.4 Å². The van der Waals surface area contributed by atoms with Gasteiger partial charge in [-0.1, -0.05) is 12.5 Å². The fourth-order valence-corrected chi connectivity index (χ4v) is 4.63. The number of nitro benzene ring substituents is 1. The summed E-state index contributed by atoms with van der Waals surface area (Å²) in [6, 6.07) is 8.41. The van der Waals surface area contributed by atoms with Crippen LogP contribution in [0.4, 0.5) is 5.69 Å². The van der Waals surface area contributed by atoms with E-state index in [1.807, 2.05) is 0 Å². The minimum absolute atomic E-state index is 0.0956. The predicted molar refractivity (Wildman–Crippen MR) is 99.0 cm³/mol. The maximum atomic E-state index is 12.6. The quantitative estimate of drug-likeness (QED) is 0.647. The summed E-state index contributed by atoms with van der Waals surface area (Å²) < 4.78 is 7.77. The number of hydrogen-bond acceptors (Lipinski definition) is 5. The van der Waals surface area contributed by atoms with Crippen LogP contribution in [0.2, 0.25) is 0 Å². The average Bonchev–Trinajstić information content (AvgIpc) is 2.64. The monoisotopic (exact) mass is 370 g/mol. The Kier molecular flexibility index (Phi) is 4.07. The van der Waals surface area contributed by atoms with Gasteiger partial charge in [0.2, 0.25) is 0 Å². The van der Waals surface area contributed by atoms with E-state index >= 15 is 0 Å². The first-order valence-electron chi connectivity index (χ1n) is 9.23. The van der Waals surface area contributed by atoms with Gasteiger partial charge >= 0.3 is 0 Å². The lowest BCUT2D eigenvalue weighted by Gasteiger charge is -2.54. The van der Waals surface area contributed by atoms with Crippen LogP contribution in [-0.2, 0) is 0 Å². The molecule has 2 aliphatic rings. The second-order valence-corrected chi connectivity index (χ2v) is 7.63. The summed E-state index contributed by atoms with van der Waals surface area (Å²) in [6.45, 7) is 1.68. The Labute approximate surface area is 156 Å². The summed E-state index contributed by atoms with van der Waals surface area (Å²) in [5.74, 6) is 0.495. The first-order valence-corrected chi connectivity index (χ1v) is 9.23. The number of aromatic nitrogens is 1. The van der Waals surface area contributed by atoms with Crippen LogP contribution in [0.1, 0.15) is 50.6 Å². The summed E-state index contributed by atoms with van der Waals surface area (Å²) in [4.78, 5) is 23.4. The molecule has 7 heteroatoms. The first-order chi connectivity index (χ1) is 12.9. The standard InChI is InChI=1S/C20H22N2O5/c1-19(24)18(21-12-6-3-7-17(21)23)15-13-14(22(25)26)8-9-16(15)27-20(19)10-4-2-5-11-20/h3,6-9,12-13,18,24H,2,4-5,10-11H2,1H3. The molecule has 1 spiro atoms. The van der Waals surface area contributed by atoms with Gasteiger partial charge in [0, 0.05) is 30.0 Å². The van der Waals surface area contributed by atoms with Gasteiger partial charge in [-0.15, -0.1) is 0 Å². The van der Waals surface area contributed by atoms with Crippen molar-refractivity contribution in [1.82, 2.24) is 4.57 Å². The number of rotatable bonds is 2. The van der Waals surface area contributed by atoms with Crippen LogP contribution in [0.15, 0.2) is 47.4 Å². The van der Waals surface area contributed by atoms with Gasteiger partial charge in [0.15, 0.2) is 0 Å². The fourth-order valence-electron chi connectivity index (χ4n) is 4.63. The largest absolute Gasteiger partial charge is 0.484 e.